The van der Waals surface area contributed by atoms with Crippen LogP contribution in [0.3, 0.4) is 0 Å². The standard InChI is InChI=1S/C23H25F3/c1-2-3-14-4-8-19-16(10-14)5-6-17-11-15(7-9-20(17)19)18-12-21(24)23(26)22(25)13-18/h5-6,12-15H,2-4,7-11H2,1H3. The Kier molecular flexibility index (Phi) is 4.81. The predicted molar refractivity (Wildman–Crippen MR) is 97.9 cm³/mol. The second-order valence-electron chi connectivity index (χ2n) is 7.98. The molecule has 0 amide bonds. The fourth-order valence-electron chi connectivity index (χ4n) is 4.99. The Morgan fingerprint density at radius 1 is 0.885 bits per heavy atom. The molecule has 3 heteroatoms. The minimum atomic E-state index is -1.37. The summed E-state index contributed by atoms with van der Waals surface area (Å²) in [7, 11) is 0. The molecule has 26 heavy (non-hydrogen) atoms. The zero-order chi connectivity index (χ0) is 18.3. The Morgan fingerprint density at radius 3 is 2.15 bits per heavy atom. The highest BCUT2D eigenvalue weighted by Crippen LogP contribution is 2.39. The lowest BCUT2D eigenvalue weighted by Gasteiger charge is -2.32. The second-order valence-corrected chi connectivity index (χ2v) is 7.98. The van der Waals surface area contributed by atoms with Gasteiger partial charge in [-0.15, -0.1) is 0 Å². The summed E-state index contributed by atoms with van der Waals surface area (Å²) in [5, 5.41) is 0. The van der Waals surface area contributed by atoms with Crippen molar-refractivity contribution in [2.45, 2.75) is 64.2 Å². The average molecular weight is 358 g/mol. The Morgan fingerprint density at radius 2 is 1.50 bits per heavy atom. The molecule has 4 rings (SSSR count). The molecule has 0 bridgehead atoms. The third-order valence-corrected chi connectivity index (χ3v) is 6.32. The van der Waals surface area contributed by atoms with E-state index in [1.165, 1.54) is 60.1 Å². The van der Waals surface area contributed by atoms with Gasteiger partial charge >= 0.3 is 0 Å². The van der Waals surface area contributed by atoms with Crippen LogP contribution in [0.25, 0.3) is 0 Å². The molecule has 2 aromatic carbocycles. The number of benzene rings is 2. The first-order valence-electron chi connectivity index (χ1n) is 9.83. The van der Waals surface area contributed by atoms with Crippen molar-refractivity contribution in [1.82, 2.24) is 0 Å². The highest BCUT2D eigenvalue weighted by molar-refractivity contribution is 5.45. The lowest BCUT2D eigenvalue weighted by Crippen LogP contribution is -2.20. The van der Waals surface area contributed by atoms with Gasteiger partial charge in [-0.05, 0) is 90.3 Å². The summed E-state index contributed by atoms with van der Waals surface area (Å²) in [6, 6.07) is 6.82. The van der Waals surface area contributed by atoms with Gasteiger partial charge in [0.15, 0.2) is 17.5 Å². The van der Waals surface area contributed by atoms with E-state index in [0.29, 0.717) is 5.56 Å². The maximum absolute atomic E-state index is 13.6. The van der Waals surface area contributed by atoms with Crippen LogP contribution in [0.2, 0.25) is 0 Å². The Balaban J connectivity index is 1.59. The van der Waals surface area contributed by atoms with Gasteiger partial charge in [0.05, 0.1) is 0 Å². The Bertz CT molecular complexity index is 801. The molecule has 138 valence electrons. The molecule has 0 N–H and O–H groups in total. The predicted octanol–water partition coefficient (Wildman–Crippen LogP) is 6.28. The third kappa shape index (κ3) is 3.17. The number of rotatable bonds is 3. The van der Waals surface area contributed by atoms with Gasteiger partial charge in [-0.1, -0.05) is 31.9 Å². The molecule has 2 aliphatic carbocycles. The molecule has 0 aliphatic heterocycles. The van der Waals surface area contributed by atoms with E-state index in [9.17, 15) is 13.2 Å². The van der Waals surface area contributed by atoms with E-state index in [4.69, 9.17) is 0 Å². The fraction of sp³-hybridized carbons (Fsp3) is 0.478. The Hall–Kier alpha value is -1.77. The maximum Gasteiger partial charge on any atom is 0.194 e. The van der Waals surface area contributed by atoms with Gasteiger partial charge in [0.1, 0.15) is 0 Å². The number of hydrogen-bond acceptors (Lipinski definition) is 0. The van der Waals surface area contributed by atoms with Crippen molar-refractivity contribution < 1.29 is 13.2 Å². The maximum atomic E-state index is 13.6. The van der Waals surface area contributed by atoms with Crippen LogP contribution in [0.15, 0.2) is 24.3 Å². The summed E-state index contributed by atoms with van der Waals surface area (Å²) in [4.78, 5) is 0. The monoisotopic (exact) mass is 358 g/mol. The summed E-state index contributed by atoms with van der Waals surface area (Å²) in [6.45, 7) is 2.25. The summed E-state index contributed by atoms with van der Waals surface area (Å²) >= 11 is 0. The van der Waals surface area contributed by atoms with E-state index < -0.39 is 17.5 Å². The molecular formula is C23H25F3. The SMILES string of the molecule is CCCC1CCc2c(ccc3c2CCC(c2cc(F)c(F)c(F)c2)C3)C1. The molecule has 2 atom stereocenters. The van der Waals surface area contributed by atoms with Crippen LogP contribution in [0.1, 0.15) is 66.3 Å². The first-order chi connectivity index (χ1) is 12.6. The van der Waals surface area contributed by atoms with Crippen LogP contribution < -0.4 is 0 Å². The summed E-state index contributed by atoms with van der Waals surface area (Å²) in [6.07, 6.45) is 8.77. The average Bonchev–Trinajstić information content (AvgIpc) is 2.65. The molecular weight excluding hydrogens is 333 g/mol. The molecule has 0 radical (unpaired) electrons. The van der Waals surface area contributed by atoms with Crippen LogP contribution in [0.4, 0.5) is 13.2 Å². The van der Waals surface area contributed by atoms with Crippen molar-refractivity contribution in [3.8, 4) is 0 Å². The van der Waals surface area contributed by atoms with E-state index in [1.54, 1.807) is 0 Å². The molecule has 0 aromatic heterocycles. The van der Waals surface area contributed by atoms with Crippen LogP contribution in [-0.2, 0) is 25.7 Å². The lowest BCUT2D eigenvalue weighted by atomic mass is 9.73. The van der Waals surface area contributed by atoms with Crippen LogP contribution >= 0.6 is 0 Å². The largest absolute Gasteiger partial charge is 0.204 e. The minimum Gasteiger partial charge on any atom is -0.204 e. The van der Waals surface area contributed by atoms with Crippen molar-refractivity contribution in [2.24, 2.45) is 5.92 Å². The van der Waals surface area contributed by atoms with E-state index >= 15 is 0 Å². The van der Waals surface area contributed by atoms with Crippen LogP contribution in [0, 0.1) is 23.4 Å². The van der Waals surface area contributed by atoms with Crippen molar-refractivity contribution in [3.63, 3.8) is 0 Å². The minimum absolute atomic E-state index is 0.0570. The van der Waals surface area contributed by atoms with Gasteiger partial charge in [0.25, 0.3) is 0 Å². The van der Waals surface area contributed by atoms with E-state index in [-0.39, 0.29) is 5.92 Å². The highest BCUT2D eigenvalue weighted by Gasteiger charge is 2.27. The van der Waals surface area contributed by atoms with Crippen LogP contribution in [0.5, 0.6) is 0 Å². The molecule has 2 aliphatic rings. The summed E-state index contributed by atoms with van der Waals surface area (Å²) in [5.74, 6) is -2.68. The third-order valence-electron chi connectivity index (χ3n) is 6.32. The second kappa shape index (κ2) is 7.09. The molecule has 0 spiro atoms. The van der Waals surface area contributed by atoms with E-state index in [2.05, 4.69) is 19.1 Å². The van der Waals surface area contributed by atoms with Crippen LogP contribution in [-0.4, -0.2) is 0 Å². The topological polar surface area (TPSA) is 0 Å². The van der Waals surface area contributed by atoms with E-state index in [1.807, 2.05) is 0 Å². The molecule has 0 fully saturated rings. The van der Waals surface area contributed by atoms with Gasteiger partial charge < -0.3 is 0 Å². The van der Waals surface area contributed by atoms with Gasteiger partial charge in [0, 0.05) is 0 Å². The zero-order valence-electron chi connectivity index (χ0n) is 15.3. The first-order valence-corrected chi connectivity index (χ1v) is 9.83. The van der Waals surface area contributed by atoms with Gasteiger partial charge in [0.2, 0.25) is 0 Å². The summed E-state index contributed by atoms with van der Waals surface area (Å²) < 4.78 is 40.4. The highest BCUT2D eigenvalue weighted by atomic mass is 19.2. The molecule has 0 nitrogen and oxygen atoms in total. The molecule has 0 saturated heterocycles. The molecule has 0 saturated carbocycles. The zero-order valence-corrected chi connectivity index (χ0v) is 15.3. The Labute approximate surface area is 153 Å². The lowest BCUT2D eigenvalue weighted by molar-refractivity contribution is 0.419. The van der Waals surface area contributed by atoms with Gasteiger partial charge in [-0.3, -0.25) is 0 Å². The first kappa shape index (κ1) is 17.6. The number of fused-ring (bicyclic) bond motifs is 3. The molecule has 0 heterocycles. The number of halogens is 3. The van der Waals surface area contributed by atoms with Gasteiger partial charge in [-0.2, -0.15) is 0 Å². The quantitative estimate of drug-likeness (QED) is 0.566. The van der Waals surface area contributed by atoms with E-state index in [0.717, 1.165) is 31.6 Å². The molecule has 2 aromatic rings. The fourth-order valence-corrected chi connectivity index (χ4v) is 4.99. The van der Waals surface area contributed by atoms with Crippen molar-refractivity contribution in [1.29, 1.82) is 0 Å². The van der Waals surface area contributed by atoms with Crippen molar-refractivity contribution in [3.05, 3.63) is 69.5 Å². The van der Waals surface area contributed by atoms with Crippen molar-refractivity contribution >= 4 is 0 Å². The molecule has 2 unspecified atom stereocenters. The normalized spacial score (nSPS) is 22.0. The van der Waals surface area contributed by atoms with Gasteiger partial charge in [-0.25, -0.2) is 13.2 Å². The number of hydrogen-bond donors (Lipinski definition) is 0. The smallest absolute Gasteiger partial charge is 0.194 e. The van der Waals surface area contributed by atoms with Crippen molar-refractivity contribution in [2.75, 3.05) is 0 Å². The summed E-state index contributed by atoms with van der Waals surface area (Å²) in [5.41, 5.74) is 6.39.